The Labute approximate surface area is 119 Å². The molecule has 2 rings (SSSR count). The summed E-state index contributed by atoms with van der Waals surface area (Å²) >= 11 is 6.21. The Kier molecular flexibility index (Phi) is 6.94. The fourth-order valence-electron chi connectivity index (χ4n) is 2.38. The van der Waals surface area contributed by atoms with Crippen LogP contribution in [0.3, 0.4) is 0 Å². The number of benzene rings is 1. The number of hydrogen-bond donors (Lipinski definition) is 1. The van der Waals surface area contributed by atoms with Gasteiger partial charge in [-0.1, -0.05) is 29.8 Å². The fourth-order valence-corrected chi connectivity index (χ4v) is 2.64. The van der Waals surface area contributed by atoms with Crippen LogP contribution in [0.4, 0.5) is 4.39 Å². The van der Waals surface area contributed by atoms with Crippen LogP contribution in [-0.2, 0) is 0 Å². The quantitative estimate of drug-likeness (QED) is 0.918. The monoisotopic (exact) mass is 292 g/mol. The van der Waals surface area contributed by atoms with E-state index in [2.05, 4.69) is 10.2 Å². The zero-order valence-corrected chi connectivity index (χ0v) is 11.8. The first-order chi connectivity index (χ1) is 8.33. The predicted molar refractivity (Wildman–Crippen MR) is 76.5 cm³/mol. The van der Waals surface area contributed by atoms with Crippen LogP contribution in [0, 0.1) is 0 Å². The molecule has 1 aliphatic rings. The van der Waals surface area contributed by atoms with Gasteiger partial charge in [0.2, 0.25) is 0 Å². The lowest BCUT2D eigenvalue weighted by Crippen LogP contribution is -2.45. The molecular weight excluding hydrogens is 274 g/mol. The molecular formula is C13H19Cl2FN2. The molecule has 18 heavy (non-hydrogen) atoms. The Morgan fingerprint density at radius 1 is 1.28 bits per heavy atom. The first-order valence-electron chi connectivity index (χ1n) is 6.08. The van der Waals surface area contributed by atoms with Gasteiger partial charge in [0, 0.05) is 37.2 Å². The van der Waals surface area contributed by atoms with Crippen molar-refractivity contribution >= 4 is 24.0 Å². The minimum atomic E-state index is -0.306. The van der Waals surface area contributed by atoms with E-state index >= 15 is 0 Å². The van der Waals surface area contributed by atoms with E-state index in [1.807, 2.05) is 24.3 Å². The van der Waals surface area contributed by atoms with Crippen LogP contribution in [0.1, 0.15) is 18.0 Å². The van der Waals surface area contributed by atoms with Crippen LogP contribution in [0.15, 0.2) is 24.3 Å². The second-order valence-corrected chi connectivity index (χ2v) is 4.71. The average Bonchev–Trinajstić information content (AvgIpc) is 2.38. The highest BCUT2D eigenvalue weighted by Gasteiger charge is 2.23. The van der Waals surface area contributed by atoms with Gasteiger partial charge in [-0.3, -0.25) is 9.29 Å². The summed E-state index contributed by atoms with van der Waals surface area (Å²) in [5.41, 5.74) is 1.05. The second-order valence-electron chi connectivity index (χ2n) is 4.30. The predicted octanol–water partition coefficient (Wildman–Crippen LogP) is 3.07. The maximum absolute atomic E-state index is 12.7. The maximum atomic E-state index is 12.7. The van der Waals surface area contributed by atoms with Gasteiger partial charge in [-0.05, 0) is 18.1 Å². The Bertz CT molecular complexity index is 357. The number of hydrogen-bond acceptors (Lipinski definition) is 2. The van der Waals surface area contributed by atoms with Gasteiger partial charge >= 0.3 is 0 Å². The molecule has 1 atom stereocenters. The molecule has 1 saturated heterocycles. The third kappa shape index (κ3) is 3.82. The van der Waals surface area contributed by atoms with E-state index in [9.17, 15) is 4.39 Å². The lowest BCUT2D eigenvalue weighted by Gasteiger charge is -2.35. The van der Waals surface area contributed by atoms with Gasteiger partial charge in [0.1, 0.15) is 0 Å². The molecule has 0 unspecified atom stereocenters. The van der Waals surface area contributed by atoms with Crippen molar-refractivity contribution in [3.8, 4) is 0 Å². The zero-order valence-electron chi connectivity index (χ0n) is 10.2. The molecule has 1 aliphatic heterocycles. The van der Waals surface area contributed by atoms with E-state index in [0.717, 1.165) is 36.8 Å². The molecule has 1 aromatic rings. The number of alkyl halides is 1. The molecule has 1 aromatic carbocycles. The largest absolute Gasteiger partial charge is 0.314 e. The smallest absolute Gasteiger partial charge is 0.0912 e. The lowest BCUT2D eigenvalue weighted by molar-refractivity contribution is 0.157. The Hall–Kier alpha value is -0.350. The van der Waals surface area contributed by atoms with Gasteiger partial charge in [-0.15, -0.1) is 12.4 Å². The topological polar surface area (TPSA) is 15.3 Å². The molecule has 0 spiro atoms. The van der Waals surface area contributed by atoms with Crippen molar-refractivity contribution in [2.45, 2.75) is 12.5 Å². The van der Waals surface area contributed by atoms with Crippen molar-refractivity contribution in [2.24, 2.45) is 0 Å². The highest BCUT2D eigenvalue weighted by molar-refractivity contribution is 6.31. The molecule has 0 bridgehead atoms. The standard InChI is InChI=1S/C13H18ClFN2.ClH/c14-12-4-2-1-3-11(12)13(5-6-15)17-9-7-16-8-10-17;/h1-4,13,16H,5-10H2;1H/t13-;/m1./s1. The fraction of sp³-hybridized carbons (Fsp3) is 0.538. The van der Waals surface area contributed by atoms with Crippen LogP contribution < -0.4 is 5.32 Å². The minimum absolute atomic E-state index is 0. The first-order valence-corrected chi connectivity index (χ1v) is 6.46. The van der Waals surface area contributed by atoms with E-state index in [1.54, 1.807) is 0 Å². The summed E-state index contributed by atoms with van der Waals surface area (Å²) in [6, 6.07) is 7.87. The van der Waals surface area contributed by atoms with Crippen molar-refractivity contribution in [1.82, 2.24) is 10.2 Å². The van der Waals surface area contributed by atoms with E-state index in [1.165, 1.54) is 0 Å². The van der Waals surface area contributed by atoms with E-state index in [4.69, 9.17) is 11.6 Å². The molecule has 2 nitrogen and oxygen atoms in total. The third-order valence-electron chi connectivity index (χ3n) is 3.24. The van der Waals surface area contributed by atoms with Crippen LogP contribution in [0.2, 0.25) is 5.02 Å². The van der Waals surface area contributed by atoms with Crippen LogP contribution >= 0.6 is 24.0 Å². The maximum Gasteiger partial charge on any atom is 0.0912 e. The normalized spacial score (nSPS) is 18.1. The van der Waals surface area contributed by atoms with Gasteiger partial charge in [0.05, 0.1) is 6.67 Å². The molecule has 0 radical (unpaired) electrons. The van der Waals surface area contributed by atoms with Crippen molar-refractivity contribution in [2.75, 3.05) is 32.9 Å². The van der Waals surface area contributed by atoms with E-state index in [0.29, 0.717) is 6.42 Å². The van der Waals surface area contributed by atoms with Gasteiger partial charge < -0.3 is 5.32 Å². The van der Waals surface area contributed by atoms with E-state index < -0.39 is 0 Å². The molecule has 1 N–H and O–H groups in total. The second kappa shape index (κ2) is 7.95. The Morgan fingerprint density at radius 3 is 2.56 bits per heavy atom. The molecule has 1 heterocycles. The third-order valence-corrected chi connectivity index (χ3v) is 3.58. The molecule has 5 heteroatoms. The molecule has 1 fully saturated rings. The Balaban J connectivity index is 0.00000162. The average molecular weight is 293 g/mol. The summed E-state index contributed by atoms with van der Waals surface area (Å²) in [6.45, 7) is 3.53. The van der Waals surface area contributed by atoms with E-state index in [-0.39, 0.29) is 25.1 Å². The first kappa shape index (κ1) is 15.7. The van der Waals surface area contributed by atoms with Crippen molar-refractivity contribution in [1.29, 1.82) is 0 Å². The van der Waals surface area contributed by atoms with Crippen molar-refractivity contribution in [3.05, 3.63) is 34.9 Å². The molecule has 102 valence electrons. The molecule has 0 amide bonds. The van der Waals surface area contributed by atoms with Crippen LogP contribution in [0.5, 0.6) is 0 Å². The summed E-state index contributed by atoms with van der Waals surface area (Å²) in [6.07, 6.45) is 0.518. The summed E-state index contributed by atoms with van der Waals surface area (Å²) < 4.78 is 12.7. The van der Waals surface area contributed by atoms with Gasteiger partial charge in [-0.25, -0.2) is 0 Å². The molecule has 0 aliphatic carbocycles. The zero-order chi connectivity index (χ0) is 12.1. The van der Waals surface area contributed by atoms with Crippen molar-refractivity contribution in [3.63, 3.8) is 0 Å². The Morgan fingerprint density at radius 2 is 1.94 bits per heavy atom. The highest BCUT2D eigenvalue weighted by atomic mass is 35.5. The summed E-state index contributed by atoms with van der Waals surface area (Å²) in [5, 5.41) is 4.05. The number of piperazine rings is 1. The summed E-state index contributed by atoms with van der Waals surface area (Å²) in [7, 11) is 0. The number of nitrogens with one attached hydrogen (secondary N) is 1. The summed E-state index contributed by atoms with van der Waals surface area (Å²) in [4.78, 5) is 2.32. The minimum Gasteiger partial charge on any atom is -0.314 e. The lowest BCUT2D eigenvalue weighted by atomic mass is 10.0. The summed E-state index contributed by atoms with van der Waals surface area (Å²) in [5.74, 6) is 0. The number of nitrogens with zero attached hydrogens (tertiary/aromatic N) is 1. The number of rotatable bonds is 4. The van der Waals surface area contributed by atoms with Crippen LogP contribution in [-0.4, -0.2) is 37.8 Å². The van der Waals surface area contributed by atoms with Crippen molar-refractivity contribution < 1.29 is 4.39 Å². The van der Waals surface area contributed by atoms with Gasteiger partial charge in [0.15, 0.2) is 0 Å². The molecule has 0 aromatic heterocycles. The number of halogens is 3. The highest BCUT2D eigenvalue weighted by Crippen LogP contribution is 2.30. The van der Waals surface area contributed by atoms with Gasteiger partial charge in [-0.2, -0.15) is 0 Å². The molecule has 0 saturated carbocycles. The van der Waals surface area contributed by atoms with Gasteiger partial charge in [0.25, 0.3) is 0 Å². The SMILES string of the molecule is Cl.FCC[C@H](c1ccccc1Cl)N1CCNCC1. The van der Waals surface area contributed by atoms with Crippen LogP contribution in [0.25, 0.3) is 0 Å².